The second-order valence-corrected chi connectivity index (χ2v) is 10.2. The van der Waals surface area contributed by atoms with Gasteiger partial charge in [0.2, 0.25) is 15.9 Å². The summed E-state index contributed by atoms with van der Waals surface area (Å²) < 4.78 is 26.5. The van der Waals surface area contributed by atoms with Gasteiger partial charge in [-0.15, -0.1) is 0 Å². The van der Waals surface area contributed by atoms with E-state index >= 15 is 0 Å². The SMILES string of the molecule is Cc1cc(C(=O)N2CCCC(C(=O)NC3CC3)C2)cc(S(=O)(=O)N(C)C)c1C. The molecule has 1 saturated carbocycles. The summed E-state index contributed by atoms with van der Waals surface area (Å²) in [5.74, 6) is -0.395. The van der Waals surface area contributed by atoms with Gasteiger partial charge < -0.3 is 10.2 Å². The molecule has 0 bridgehead atoms. The van der Waals surface area contributed by atoms with E-state index in [2.05, 4.69) is 5.32 Å². The van der Waals surface area contributed by atoms with Gasteiger partial charge in [-0.2, -0.15) is 0 Å². The molecule has 7 nitrogen and oxygen atoms in total. The van der Waals surface area contributed by atoms with Gasteiger partial charge in [0.25, 0.3) is 5.91 Å². The smallest absolute Gasteiger partial charge is 0.253 e. The number of nitrogens with one attached hydrogen (secondary N) is 1. The van der Waals surface area contributed by atoms with Crippen LogP contribution in [0.25, 0.3) is 0 Å². The molecule has 3 rings (SSSR count). The number of hydrogen-bond donors (Lipinski definition) is 1. The van der Waals surface area contributed by atoms with Crippen LogP contribution >= 0.6 is 0 Å². The predicted octanol–water partition coefficient (Wildman–Crippen LogP) is 1.68. The van der Waals surface area contributed by atoms with Gasteiger partial charge in [0.05, 0.1) is 10.8 Å². The van der Waals surface area contributed by atoms with E-state index in [0.717, 1.165) is 35.6 Å². The number of nitrogens with zero attached hydrogens (tertiary/aromatic N) is 2. The minimum Gasteiger partial charge on any atom is -0.353 e. The first kappa shape index (κ1) is 20.8. The van der Waals surface area contributed by atoms with Crippen LogP contribution in [0.1, 0.15) is 47.2 Å². The van der Waals surface area contributed by atoms with Crippen molar-refractivity contribution in [1.82, 2.24) is 14.5 Å². The van der Waals surface area contributed by atoms with E-state index in [-0.39, 0.29) is 22.6 Å². The quantitative estimate of drug-likeness (QED) is 0.805. The lowest BCUT2D eigenvalue weighted by Crippen LogP contribution is -2.46. The molecule has 154 valence electrons. The van der Waals surface area contributed by atoms with Crippen molar-refractivity contribution >= 4 is 21.8 Å². The standard InChI is InChI=1S/C20H29N3O4S/c1-13-10-16(11-18(14(13)2)28(26,27)22(3)4)20(25)23-9-5-6-15(12-23)19(24)21-17-7-8-17/h10-11,15,17H,5-9,12H2,1-4H3,(H,21,24). The molecule has 0 radical (unpaired) electrons. The third-order valence-electron chi connectivity index (χ3n) is 5.63. The zero-order valence-corrected chi connectivity index (χ0v) is 17.8. The van der Waals surface area contributed by atoms with Crippen LogP contribution in [0, 0.1) is 19.8 Å². The fraction of sp³-hybridized carbons (Fsp3) is 0.600. The summed E-state index contributed by atoms with van der Waals surface area (Å²) in [7, 11) is -0.692. The molecular weight excluding hydrogens is 378 g/mol. The Labute approximate surface area is 167 Å². The molecule has 8 heteroatoms. The van der Waals surface area contributed by atoms with Crippen LogP contribution in [0.4, 0.5) is 0 Å². The second kappa shape index (κ2) is 7.83. The summed E-state index contributed by atoms with van der Waals surface area (Å²) in [6.07, 6.45) is 3.61. The Morgan fingerprint density at radius 1 is 1.14 bits per heavy atom. The van der Waals surface area contributed by atoms with Crippen LogP contribution in [0.3, 0.4) is 0 Å². The number of amides is 2. The van der Waals surface area contributed by atoms with E-state index in [0.29, 0.717) is 30.3 Å². The molecule has 28 heavy (non-hydrogen) atoms. The van der Waals surface area contributed by atoms with Gasteiger partial charge in [0, 0.05) is 38.8 Å². The van der Waals surface area contributed by atoms with Crippen LogP contribution in [0.15, 0.2) is 17.0 Å². The third-order valence-corrected chi connectivity index (χ3v) is 7.57. The molecule has 2 amide bonds. The Morgan fingerprint density at radius 2 is 1.82 bits per heavy atom. The number of likely N-dealkylation sites (tertiary alicyclic amines) is 1. The maximum Gasteiger partial charge on any atom is 0.253 e. The number of aryl methyl sites for hydroxylation is 1. The highest BCUT2D eigenvalue weighted by atomic mass is 32.2. The lowest BCUT2D eigenvalue weighted by atomic mass is 9.96. The molecule has 0 aromatic heterocycles. The number of piperidine rings is 1. The van der Waals surface area contributed by atoms with Crippen molar-refractivity contribution < 1.29 is 18.0 Å². The van der Waals surface area contributed by atoms with E-state index in [1.165, 1.54) is 20.2 Å². The summed E-state index contributed by atoms with van der Waals surface area (Å²) in [5, 5.41) is 3.02. The summed E-state index contributed by atoms with van der Waals surface area (Å²) in [5.41, 5.74) is 1.75. The Balaban J connectivity index is 1.83. The largest absolute Gasteiger partial charge is 0.353 e. The zero-order chi connectivity index (χ0) is 20.6. The molecule has 1 heterocycles. The molecule has 1 N–H and O–H groups in total. The molecule has 1 aromatic rings. The van der Waals surface area contributed by atoms with Crippen molar-refractivity contribution in [2.75, 3.05) is 27.2 Å². The molecular formula is C20H29N3O4S. The van der Waals surface area contributed by atoms with E-state index in [1.54, 1.807) is 17.9 Å². The lowest BCUT2D eigenvalue weighted by molar-refractivity contribution is -0.126. The molecule has 1 aromatic carbocycles. The van der Waals surface area contributed by atoms with Crippen molar-refractivity contribution in [3.8, 4) is 0 Å². The number of carbonyl (C=O) groups is 2. The molecule has 1 saturated heterocycles. The molecule has 0 spiro atoms. The highest BCUT2D eigenvalue weighted by Crippen LogP contribution is 2.26. The summed E-state index contributed by atoms with van der Waals surface area (Å²) in [4.78, 5) is 27.3. The van der Waals surface area contributed by atoms with Gasteiger partial charge >= 0.3 is 0 Å². The number of hydrogen-bond acceptors (Lipinski definition) is 4. The Hall–Kier alpha value is -1.93. The maximum absolute atomic E-state index is 13.1. The average molecular weight is 408 g/mol. The zero-order valence-electron chi connectivity index (χ0n) is 17.0. The third kappa shape index (κ3) is 4.22. The first-order valence-corrected chi connectivity index (χ1v) is 11.2. The summed E-state index contributed by atoms with van der Waals surface area (Å²) >= 11 is 0. The van der Waals surface area contributed by atoms with Crippen LogP contribution in [0.5, 0.6) is 0 Å². The number of rotatable bonds is 5. The molecule has 1 atom stereocenters. The summed E-state index contributed by atoms with van der Waals surface area (Å²) in [6.45, 7) is 4.51. The van der Waals surface area contributed by atoms with E-state index in [9.17, 15) is 18.0 Å². The monoisotopic (exact) mass is 407 g/mol. The summed E-state index contributed by atoms with van der Waals surface area (Å²) in [6, 6.07) is 3.51. The topological polar surface area (TPSA) is 86.8 Å². The van der Waals surface area contributed by atoms with Gasteiger partial charge in [-0.05, 0) is 62.8 Å². The van der Waals surface area contributed by atoms with Crippen LogP contribution in [-0.4, -0.2) is 62.7 Å². The second-order valence-electron chi connectivity index (χ2n) is 8.08. The van der Waals surface area contributed by atoms with Gasteiger partial charge in [-0.3, -0.25) is 9.59 Å². The first-order valence-electron chi connectivity index (χ1n) is 9.74. The molecule has 2 fully saturated rings. The molecule has 1 aliphatic carbocycles. The van der Waals surface area contributed by atoms with E-state index in [1.807, 2.05) is 6.92 Å². The Kier molecular flexibility index (Phi) is 5.82. The van der Waals surface area contributed by atoms with Gasteiger partial charge in [0.15, 0.2) is 0 Å². The van der Waals surface area contributed by atoms with Crippen molar-refractivity contribution in [2.24, 2.45) is 5.92 Å². The van der Waals surface area contributed by atoms with Crippen LogP contribution in [0.2, 0.25) is 0 Å². The fourth-order valence-corrected chi connectivity index (χ4v) is 4.74. The van der Waals surface area contributed by atoms with Crippen molar-refractivity contribution in [1.29, 1.82) is 0 Å². The molecule has 2 aliphatic rings. The lowest BCUT2D eigenvalue weighted by Gasteiger charge is -2.32. The van der Waals surface area contributed by atoms with Gasteiger partial charge in [0.1, 0.15) is 0 Å². The number of benzene rings is 1. The van der Waals surface area contributed by atoms with Gasteiger partial charge in [-0.25, -0.2) is 12.7 Å². The Bertz CT molecular complexity index is 891. The minimum absolute atomic E-state index is 0.0240. The average Bonchev–Trinajstić information content (AvgIpc) is 3.47. The van der Waals surface area contributed by atoms with Gasteiger partial charge in [-0.1, -0.05) is 0 Å². The molecule has 1 unspecified atom stereocenters. The van der Waals surface area contributed by atoms with Crippen molar-refractivity contribution in [3.05, 3.63) is 28.8 Å². The minimum atomic E-state index is -3.65. The normalized spacial score (nSPS) is 20.3. The number of sulfonamides is 1. The predicted molar refractivity (Wildman–Crippen MR) is 107 cm³/mol. The maximum atomic E-state index is 13.1. The fourth-order valence-electron chi connectivity index (χ4n) is 3.52. The molecule has 1 aliphatic heterocycles. The van der Waals surface area contributed by atoms with Crippen molar-refractivity contribution in [2.45, 2.75) is 50.5 Å². The Morgan fingerprint density at radius 3 is 2.43 bits per heavy atom. The first-order chi connectivity index (χ1) is 13.1. The van der Waals surface area contributed by atoms with Crippen LogP contribution in [-0.2, 0) is 14.8 Å². The van der Waals surface area contributed by atoms with Crippen LogP contribution < -0.4 is 5.32 Å². The van der Waals surface area contributed by atoms with E-state index < -0.39 is 10.0 Å². The van der Waals surface area contributed by atoms with E-state index in [4.69, 9.17) is 0 Å². The highest BCUT2D eigenvalue weighted by molar-refractivity contribution is 7.89. The van der Waals surface area contributed by atoms with Crippen molar-refractivity contribution in [3.63, 3.8) is 0 Å². The highest BCUT2D eigenvalue weighted by Gasteiger charge is 2.33. The number of carbonyl (C=O) groups excluding carboxylic acids is 2.